The van der Waals surface area contributed by atoms with Crippen LogP contribution in [0.2, 0.25) is 0 Å². The fraction of sp³-hybridized carbons (Fsp3) is 0.438. The number of ether oxygens (including phenoxy) is 1. The van der Waals surface area contributed by atoms with Gasteiger partial charge in [0.15, 0.2) is 0 Å². The molecule has 0 saturated heterocycles. The van der Waals surface area contributed by atoms with Gasteiger partial charge in [0.25, 0.3) is 0 Å². The van der Waals surface area contributed by atoms with Gasteiger partial charge in [-0.25, -0.2) is 0 Å². The maximum atomic E-state index is 6.50. The van der Waals surface area contributed by atoms with Crippen LogP contribution in [0.15, 0.2) is 18.3 Å². The molecule has 0 aliphatic carbocycles. The van der Waals surface area contributed by atoms with E-state index in [1.165, 1.54) is 5.56 Å². The quantitative estimate of drug-likeness (QED) is 0.931. The zero-order valence-corrected chi connectivity index (χ0v) is 12.9. The number of aromatic nitrogens is 2. The molecule has 1 aromatic carbocycles. The minimum absolute atomic E-state index is 0.214. The summed E-state index contributed by atoms with van der Waals surface area (Å²) in [7, 11) is 3.61. The molecular weight excluding hydrogens is 250 g/mol. The molecular formula is C16H23N3O. The van der Waals surface area contributed by atoms with E-state index in [1.54, 1.807) is 7.11 Å². The lowest BCUT2D eigenvalue weighted by Crippen LogP contribution is -2.16. The van der Waals surface area contributed by atoms with E-state index in [2.05, 4.69) is 31.9 Å². The van der Waals surface area contributed by atoms with Crippen molar-refractivity contribution in [3.05, 3.63) is 46.3 Å². The van der Waals surface area contributed by atoms with Gasteiger partial charge in [0.2, 0.25) is 0 Å². The summed E-state index contributed by atoms with van der Waals surface area (Å²) in [6, 6.07) is 3.96. The Morgan fingerprint density at radius 1 is 1.35 bits per heavy atom. The minimum Gasteiger partial charge on any atom is -0.496 e. The summed E-state index contributed by atoms with van der Waals surface area (Å²) in [4.78, 5) is 0. The van der Waals surface area contributed by atoms with E-state index < -0.39 is 0 Å². The summed E-state index contributed by atoms with van der Waals surface area (Å²) in [5.74, 6) is 0.848. The smallest absolute Gasteiger partial charge is 0.124 e. The molecule has 0 fully saturated rings. The first-order chi connectivity index (χ1) is 9.47. The average molecular weight is 273 g/mol. The molecule has 1 atom stereocenters. The third-order valence-electron chi connectivity index (χ3n) is 3.63. The predicted molar refractivity (Wildman–Crippen MR) is 81.1 cm³/mol. The van der Waals surface area contributed by atoms with Crippen LogP contribution in [0.5, 0.6) is 5.75 Å². The Kier molecular flexibility index (Phi) is 4.14. The van der Waals surface area contributed by atoms with Crippen LogP contribution < -0.4 is 10.5 Å². The second-order valence-electron chi connectivity index (χ2n) is 5.23. The molecule has 20 heavy (non-hydrogen) atoms. The molecule has 108 valence electrons. The third-order valence-corrected chi connectivity index (χ3v) is 3.63. The number of benzene rings is 1. The molecule has 0 spiro atoms. The first kappa shape index (κ1) is 14.6. The molecule has 0 amide bonds. The SMILES string of the molecule is CCc1nn(C)cc1C(N)c1c(C)cc(C)cc1OC. The van der Waals surface area contributed by atoms with E-state index in [0.717, 1.165) is 34.6 Å². The molecule has 1 heterocycles. The van der Waals surface area contributed by atoms with Crippen LogP contribution in [0.1, 0.15) is 40.9 Å². The third kappa shape index (κ3) is 2.56. The van der Waals surface area contributed by atoms with Gasteiger partial charge in [0.05, 0.1) is 18.8 Å². The lowest BCUT2D eigenvalue weighted by Gasteiger charge is -2.19. The number of nitrogens with zero attached hydrogens (tertiary/aromatic N) is 2. The topological polar surface area (TPSA) is 53.1 Å². The van der Waals surface area contributed by atoms with E-state index in [0.29, 0.717) is 0 Å². The molecule has 1 unspecified atom stereocenters. The first-order valence-corrected chi connectivity index (χ1v) is 6.91. The number of methoxy groups -OCH3 is 1. The van der Waals surface area contributed by atoms with Crippen molar-refractivity contribution in [2.75, 3.05) is 7.11 Å². The molecule has 2 aromatic rings. The van der Waals surface area contributed by atoms with Crippen molar-refractivity contribution in [2.45, 2.75) is 33.2 Å². The van der Waals surface area contributed by atoms with Gasteiger partial charge in [-0.05, 0) is 37.5 Å². The lowest BCUT2D eigenvalue weighted by molar-refractivity contribution is 0.407. The number of hydrogen-bond donors (Lipinski definition) is 1. The maximum Gasteiger partial charge on any atom is 0.124 e. The van der Waals surface area contributed by atoms with Crippen LogP contribution in [-0.2, 0) is 13.5 Å². The van der Waals surface area contributed by atoms with Gasteiger partial charge in [0, 0.05) is 24.4 Å². The van der Waals surface area contributed by atoms with Crippen LogP contribution in [0.4, 0.5) is 0 Å². The highest BCUT2D eigenvalue weighted by Gasteiger charge is 2.21. The Hall–Kier alpha value is -1.81. The summed E-state index contributed by atoms with van der Waals surface area (Å²) in [6.07, 6.45) is 2.87. The van der Waals surface area contributed by atoms with Gasteiger partial charge in [-0.3, -0.25) is 4.68 Å². The summed E-state index contributed by atoms with van der Waals surface area (Å²) < 4.78 is 7.35. The van der Waals surface area contributed by atoms with E-state index >= 15 is 0 Å². The Morgan fingerprint density at radius 2 is 2.05 bits per heavy atom. The molecule has 0 aliphatic rings. The zero-order valence-electron chi connectivity index (χ0n) is 12.9. The van der Waals surface area contributed by atoms with Crippen LogP contribution in [0.3, 0.4) is 0 Å². The van der Waals surface area contributed by atoms with Crippen LogP contribution in [0, 0.1) is 13.8 Å². The van der Waals surface area contributed by atoms with Gasteiger partial charge in [0.1, 0.15) is 5.75 Å². The van der Waals surface area contributed by atoms with Crippen molar-refractivity contribution >= 4 is 0 Å². The van der Waals surface area contributed by atoms with Gasteiger partial charge >= 0.3 is 0 Å². The highest BCUT2D eigenvalue weighted by Crippen LogP contribution is 2.33. The lowest BCUT2D eigenvalue weighted by atomic mass is 9.93. The number of nitrogens with two attached hydrogens (primary N) is 1. The fourth-order valence-electron chi connectivity index (χ4n) is 2.75. The summed E-state index contributed by atoms with van der Waals surface area (Å²) in [5, 5.41) is 4.47. The van der Waals surface area contributed by atoms with E-state index in [-0.39, 0.29) is 6.04 Å². The minimum atomic E-state index is -0.214. The Bertz CT molecular complexity index is 616. The molecule has 4 heteroatoms. The number of hydrogen-bond acceptors (Lipinski definition) is 3. The number of aryl methyl sites for hydroxylation is 4. The highest BCUT2D eigenvalue weighted by atomic mass is 16.5. The summed E-state index contributed by atoms with van der Waals surface area (Å²) in [5.41, 5.74) is 12.0. The molecule has 4 nitrogen and oxygen atoms in total. The largest absolute Gasteiger partial charge is 0.496 e. The second kappa shape index (κ2) is 5.67. The molecule has 0 saturated carbocycles. The molecule has 2 N–H and O–H groups in total. The summed E-state index contributed by atoms with van der Waals surface area (Å²) in [6.45, 7) is 6.23. The predicted octanol–water partition coefficient (Wildman–Crippen LogP) is 2.66. The van der Waals surface area contributed by atoms with Gasteiger partial charge in [-0.2, -0.15) is 5.10 Å². The first-order valence-electron chi connectivity index (χ1n) is 6.91. The van der Waals surface area contributed by atoms with E-state index in [1.807, 2.05) is 24.0 Å². The van der Waals surface area contributed by atoms with Crippen LogP contribution >= 0.6 is 0 Å². The van der Waals surface area contributed by atoms with Gasteiger partial charge in [-0.1, -0.05) is 13.0 Å². The molecule has 0 radical (unpaired) electrons. The van der Waals surface area contributed by atoms with Crippen molar-refractivity contribution in [1.29, 1.82) is 0 Å². The van der Waals surface area contributed by atoms with Crippen LogP contribution in [0.25, 0.3) is 0 Å². The van der Waals surface area contributed by atoms with Crippen molar-refractivity contribution < 1.29 is 4.74 Å². The molecule has 2 rings (SSSR count). The van der Waals surface area contributed by atoms with E-state index in [4.69, 9.17) is 10.5 Å². The Labute approximate surface area is 120 Å². The maximum absolute atomic E-state index is 6.50. The Morgan fingerprint density at radius 3 is 2.65 bits per heavy atom. The highest BCUT2D eigenvalue weighted by molar-refractivity contribution is 5.48. The summed E-state index contributed by atoms with van der Waals surface area (Å²) >= 11 is 0. The van der Waals surface area contributed by atoms with Gasteiger partial charge < -0.3 is 10.5 Å². The molecule has 1 aromatic heterocycles. The van der Waals surface area contributed by atoms with Crippen molar-refractivity contribution in [1.82, 2.24) is 9.78 Å². The van der Waals surface area contributed by atoms with Crippen LogP contribution in [-0.4, -0.2) is 16.9 Å². The second-order valence-corrected chi connectivity index (χ2v) is 5.23. The van der Waals surface area contributed by atoms with E-state index in [9.17, 15) is 0 Å². The number of rotatable bonds is 4. The molecule has 0 aliphatic heterocycles. The van der Waals surface area contributed by atoms with Crippen molar-refractivity contribution in [3.63, 3.8) is 0 Å². The molecule has 0 bridgehead atoms. The Balaban J connectivity index is 2.55. The van der Waals surface area contributed by atoms with Crippen molar-refractivity contribution in [3.8, 4) is 5.75 Å². The average Bonchev–Trinajstić information content (AvgIpc) is 2.78. The monoisotopic (exact) mass is 273 g/mol. The zero-order chi connectivity index (χ0) is 14.9. The standard InChI is InChI=1S/C16H23N3O/c1-6-13-12(9-19(4)18-13)16(17)15-11(3)7-10(2)8-14(15)20-5/h7-9,16H,6,17H2,1-5H3. The fourth-order valence-corrected chi connectivity index (χ4v) is 2.75. The van der Waals surface area contributed by atoms with Crippen molar-refractivity contribution in [2.24, 2.45) is 12.8 Å². The normalized spacial score (nSPS) is 12.5. The van der Waals surface area contributed by atoms with Gasteiger partial charge in [-0.15, -0.1) is 0 Å².